The summed E-state index contributed by atoms with van der Waals surface area (Å²) in [6.45, 7) is 0. The Labute approximate surface area is 130 Å². The Morgan fingerprint density at radius 2 is 1.59 bits per heavy atom. The molecule has 0 fully saturated rings. The smallest absolute Gasteiger partial charge is 0.213 e. The van der Waals surface area contributed by atoms with E-state index in [2.05, 4.69) is 22.2 Å². The van der Waals surface area contributed by atoms with E-state index in [0.717, 1.165) is 27.9 Å². The molecule has 2 heterocycles. The Kier molecular flexibility index (Phi) is 3.05. The van der Waals surface area contributed by atoms with Gasteiger partial charge in [0.1, 0.15) is 16.9 Å². The van der Waals surface area contributed by atoms with E-state index in [9.17, 15) is 4.79 Å². The van der Waals surface area contributed by atoms with Crippen LogP contribution in [0.5, 0.6) is 0 Å². The highest BCUT2D eigenvalue weighted by Gasteiger charge is 2.15. The van der Waals surface area contributed by atoms with E-state index in [0.29, 0.717) is 11.4 Å². The highest BCUT2D eigenvalue weighted by Crippen LogP contribution is 2.27. The first-order valence-corrected chi connectivity index (χ1v) is 7.68. The number of hydrogen-bond donors (Lipinski definition) is 0. The highest BCUT2D eigenvalue weighted by atomic mass is 32.1. The fourth-order valence-electron chi connectivity index (χ4n) is 2.48. The van der Waals surface area contributed by atoms with Crippen molar-refractivity contribution in [3.05, 3.63) is 65.8 Å². The van der Waals surface area contributed by atoms with Gasteiger partial charge in [-0.1, -0.05) is 65.9 Å². The number of rotatable bonds is 3. The molecule has 4 rings (SSSR count). The lowest BCUT2D eigenvalue weighted by Crippen LogP contribution is -1.92. The predicted molar refractivity (Wildman–Crippen MR) is 87.1 cm³/mol. The van der Waals surface area contributed by atoms with Crippen LogP contribution in [0.4, 0.5) is 0 Å². The molecule has 4 aromatic rings. The van der Waals surface area contributed by atoms with E-state index >= 15 is 0 Å². The van der Waals surface area contributed by atoms with Crippen LogP contribution in [0.25, 0.3) is 27.3 Å². The van der Waals surface area contributed by atoms with E-state index in [1.807, 2.05) is 42.5 Å². The maximum absolute atomic E-state index is 11.4. The van der Waals surface area contributed by atoms with Gasteiger partial charge in [-0.2, -0.15) is 9.61 Å². The lowest BCUT2D eigenvalue weighted by atomic mass is 10.0. The summed E-state index contributed by atoms with van der Waals surface area (Å²) < 4.78 is 1.58. The van der Waals surface area contributed by atoms with Crippen molar-refractivity contribution in [2.45, 2.75) is 0 Å². The van der Waals surface area contributed by atoms with Gasteiger partial charge in [-0.15, -0.1) is 0 Å². The van der Waals surface area contributed by atoms with E-state index in [-0.39, 0.29) is 0 Å². The summed E-state index contributed by atoms with van der Waals surface area (Å²) in [6, 6.07) is 18.2. The van der Waals surface area contributed by atoms with Crippen LogP contribution in [0.1, 0.15) is 10.5 Å². The molecule has 0 saturated heterocycles. The number of aldehydes is 1. The van der Waals surface area contributed by atoms with Gasteiger partial charge < -0.3 is 0 Å². The second-order valence-electron chi connectivity index (χ2n) is 4.84. The molecule has 2 aromatic carbocycles. The molecule has 0 N–H and O–H groups in total. The third-order valence-electron chi connectivity index (χ3n) is 3.56. The van der Waals surface area contributed by atoms with Gasteiger partial charge in [-0.25, -0.2) is 4.98 Å². The number of benzene rings is 2. The van der Waals surface area contributed by atoms with Crippen molar-refractivity contribution in [1.29, 1.82) is 0 Å². The fourth-order valence-corrected chi connectivity index (χ4v) is 3.10. The predicted octanol–water partition coefficient (Wildman–Crippen LogP) is 3.94. The molecular formula is C17H11N3OS. The maximum Gasteiger partial charge on any atom is 0.213 e. The second-order valence-corrected chi connectivity index (χ2v) is 5.65. The van der Waals surface area contributed by atoms with E-state index in [4.69, 9.17) is 0 Å². The van der Waals surface area contributed by atoms with Crippen LogP contribution in [-0.4, -0.2) is 20.9 Å². The summed E-state index contributed by atoms with van der Waals surface area (Å²) in [4.78, 5) is 16.6. The van der Waals surface area contributed by atoms with Gasteiger partial charge in [-0.05, 0) is 11.1 Å². The number of fused-ring (bicyclic) bond motifs is 1. The second kappa shape index (κ2) is 5.20. The number of imidazole rings is 1. The molecule has 0 saturated carbocycles. The van der Waals surface area contributed by atoms with Crippen LogP contribution in [0.3, 0.4) is 0 Å². The molecule has 0 aliphatic heterocycles. The molecule has 4 nitrogen and oxygen atoms in total. The van der Waals surface area contributed by atoms with Gasteiger partial charge in [0.15, 0.2) is 6.29 Å². The number of carbonyl (C=O) groups excluding carboxylic acids is 1. The van der Waals surface area contributed by atoms with E-state index < -0.39 is 0 Å². The molecule has 0 aliphatic carbocycles. The van der Waals surface area contributed by atoms with Crippen LogP contribution in [-0.2, 0) is 0 Å². The third kappa shape index (κ3) is 2.03. The molecule has 106 valence electrons. The van der Waals surface area contributed by atoms with Crippen LogP contribution in [0.2, 0.25) is 0 Å². The van der Waals surface area contributed by atoms with Crippen LogP contribution in [0, 0.1) is 0 Å². The molecule has 0 unspecified atom stereocenters. The highest BCUT2D eigenvalue weighted by molar-refractivity contribution is 7.14. The average molecular weight is 305 g/mol. The Hall–Kier alpha value is -2.79. The number of hydrogen-bond acceptors (Lipinski definition) is 4. The standard InChI is InChI=1S/C17H11N3OS/c21-10-15-16(19-17-20(15)18-11-22-17)14-8-6-13(7-9-14)12-4-2-1-3-5-12/h1-11H. The SMILES string of the molecule is O=Cc1c(-c2ccc(-c3ccccc3)cc2)nc2scnn12. The van der Waals surface area contributed by atoms with Gasteiger partial charge in [0.2, 0.25) is 4.96 Å². The van der Waals surface area contributed by atoms with Gasteiger partial charge in [0, 0.05) is 5.56 Å². The molecule has 0 bridgehead atoms. The molecule has 0 atom stereocenters. The number of nitrogens with zero attached hydrogens (tertiary/aromatic N) is 3. The fraction of sp³-hybridized carbons (Fsp3) is 0. The van der Waals surface area contributed by atoms with Crippen molar-refractivity contribution in [2.75, 3.05) is 0 Å². The summed E-state index contributed by atoms with van der Waals surface area (Å²) in [5, 5.41) is 4.14. The van der Waals surface area contributed by atoms with Crippen molar-refractivity contribution in [1.82, 2.24) is 14.6 Å². The summed E-state index contributed by atoms with van der Waals surface area (Å²) in [7, 11) is 0. The minimum absolute atomic E-state index is 0.490. The molecule has 0 amide bonds. The zero-order valence-electron chi connectivity index (χ0n) is 11.5. The van der Waals surface area contributed by atoms with E-state index in [1.54, 1.807) is 10.0 Å². The molecule has 0 aliphatic rings. The Morgan fingerprint density at radius 3 is 2.32 bits per heavy atom. The van der Waals surface area contributed by atoms with Crippen LogP contribution in [0.15, 0.2) is 60.1 Å². The quantitative estimate of drug-likeness (QED) is 0.539. The molecule has 2 aromatic heterocycles. The minimum atomic E-state index is 0.490. The zero-order chi connectivity index (χ0) is 14.9. The Balaban J connectivity index is 1.79. The first kappa shape index (κ1) is 12.9. The average Bonchev–Trinajstić information content (AvgIpc) is 3.16. The summed E-state index contributed by atoms with van der Waals surface area (Å²) in [6.07, 6.45) is 0.806. The van der Waals surface area contributed by atoms with Crippen LogP contribution < -0.4 is 0 Å². The van der Waals surface area contributed by atoms with Crippen molar-refractivity contribution >= 4 is 22.6 Å². The normalized spacial score (nSPS) is 10.9. The monoisotopic (exact) mass is 305 g/mol. The molecular weight excluding hydrogens is 294 g/mol. The van der Waals surface area contributed by atoms with Crippen molar-refractivity contribution < 1.29 is 4.79 Å². The van der Waals surface area contributed by atoms with Crippen LogP contribution >= 0.6 is 11.3 Å². The minimum Gasteiger partial charge on any atom is -0.296 e. The molecule has 22 heavy (non-hydrogen) atoms. The van der Waals surface area contributed by atoms with Gasteiger partial charge in [-0.3, -0.25) is 4.79 Å². The number of aromatic nitrogens is 3. The van der Waals surface area contributed by atoms with Gasteiger partial charge >= 0.3 is 0 Å². The first-order valence-electron chi connectivity index (χ1n) is 6.80. The van der Waals surface area contributed by atoms with Gasteiger partial charge in [0.05, 0.1) is 0 Å². The Bertz CT molecular complexity index is 939. The van der Waals surface area contributed by atoms with Gasteiger partial charge in [0.25, 0.3) is 0 Å². The summed E-state index contributed by atoms with van der Waals surface area (Å²) in [5.74, 6) is 0. The third-order valence-corrected chi connectivity index (χ3v) is 4.23. The largest absolute Gasteiger partial charge is 0.296 e. The lowest BCUT2D eigenvalue weighted by Gasteiger charge is -2.03. The zero-order valence-corrected chi connectivity index (χ0v) is 12.3. The van der Waals surface area contributed by atoms with E-state index in [1.165, 1.54) is 11.3 Å². The lowest BCUT2D eigenvalue weighted by molar-refractivity contribution is 0.111. The van der Waals surface area contributed by atoms with Crippen molar-refractivity contribution in [2.24, 2.45) is 0 Å². The summed E-state index contributed by atoms with van der Waals surface area (Å²) >= 11 is 1.41. The first-order chi connectivity index (χ1) is 10.9. The van der Waals surface area contributed by atoms with Crippen molar-refractivity contribution in [3.8, 4) is 22.4 Å². The number of carbonyl (C=O) groups is 1. The molecule has 5 heteroatoms. The molecule has 0 spiro atoms. The Morgan fingerprint density at radius 1 is 0.909 bits per heavy atom. The van der Waals surface area contributed by atoms with Crippen molar-refractivity contribution in [3.63, 3.8) is 0 Å². The molecule has 0 radical (unpaired) electrons. The topological polar surface area (TPSA) is 47.3 Å². The summed E-state index contributed by atoms with van der Waals surface area (Å²) in [5.41, 5.74) is 6.06. The maximum atomic E-state index is 11.4.